The van der Waals surface area contributed by atoms with Crippen molar-refractivity contribution in [2.75, 3.05) is 0 Å². The summed E-state index contributed by atoms with van der Waals surface area (Å²) >= 11 is 1.97. The first-order valence-electron chi connectivity index (χ1n) is 4.97. The van der Waals surface area contributed by atoms with Gasteiger partial charge in [0.1, 0.15) is 5.56 Å². The molecule has 0 radical (unpaired) electrons. The van der Waals surface area contributed by atoms with Crippen molar-refractivity contribution in [3.63, 3.8) is 0 Å². The van der Waals surface area contributed by atoms with Crippen molar-refractivity contribution < 1.29 is 9.72 Å². The van der Waals surface area contributed by atoms with Gasteiger partial charge >= 0.3 is 0 Å². The lowest BCUT2D eigenvalue weighted by Crippen LogP contribution is -2.40. The highest BCUT2D eigenvalue weighted by Gasteiger charge is 2.23. The topological polar surface area (TPSA) is 72.2 Å². The second kappa shape index (κ2) is 4.99. The summed E-state index contributed by atoms with van der Waals surface area (Å²) in [6.45, 7) is 5.47. The minimum atomic E-state index is -0.542. The minimum absolute atomic E-state index is 0.0883. The highest BCUT2D eigenvalue weighted by atomic mass is 127. The van der Waals surface area contributed by atoms with Gasteiger partial charge < -0.3 is 5.32 Å². The van der Waals surface area contributed by atoms with E-state index in [1.807, 2.05) is 43.4 Å². The molecule has 0 aliphatic carbocycles. The fraction of sp³-hybridized carbons (Fsp3) is 0.364. The van der Waals surface area contributed by atoms with E-state index in [2.05, 4.69) is 5.32 Å². The van der Waals surface area contributed by atoms with E-state index in [1.165, 1.54) is 12.1 Å². The van der Waals surface area contributed by atoms with Gasteiger partial charge in [-0.1, -0.05) is 0 Å². The number of rotatable bonds is 2. The predicted molar refractivity (Wildman–Crippen MR) is 73.0 cm³/mol. The monoisotopic (exact) mass is 348 g/mol. The number of nitrogens with zero attached hydrogens (tertiary/aromatic N) is 1. The third-order valence-electron chi connectivity index (χ3n) is 1.89. The summed E-state index contributed by atoms with van der Waals surface area (Å²) in [7, 11) is 0. The van der Waals surface area contributed by atoms with Gasteiger partial charge in [0.15, 0.2) is 0 Å². The molecule has 0 aromatic heterocycles. The van der Waals surface area contributed by atoms with E-state index in [0.717, 1.165) is 3.57 Å². The van der Waals surface area contributed by atoms with Crippen LogP contribution in [0.2, 0.25) is 0 Å². The van der Waals surface area contributed by atoms with Gasteiger partial charge in [-0.25, -0.2) is 0 Å². The van der Waals surface area contributed by atoms with Crippen LogP contribution in [0, 0.1) is 13.7 Å². The Bertz CT molecular complexity index is 466. The molecule has 0 saturated carbocycles. The number of carbonyl (C=O) groups is 1. The van der Waals surface area contributed by atoms with E-state index >= 15 is 0 Å². The maximum atomic E-state index is 11.9. The summed E-state index contributed by atoms with van der Waals surface area (Å²) in [5.74, 6) is -0.430. The quantitative estimate of drug-likeness (QED) is 0.507. The highest BCUT2D eigenvalue weighted by molar-refractivity contribution is 14.1. The molecule has 1 rings (SSSR count). The van der Waals surface area contributed by atoms with Gasteiger partial charge in [0.2, 0.25) is 0 Å². The Balaban J connectivity index is 3.14. The molecule has 0 aliphatic rings. The van der Waals surface area contributed by atoms with Gasteiger partial charge in [-0.2, -0.15) is 0 Å². The second-order valence-corrected chi connectivity index (χ2v) is 5.87. The number of nitrogens with one attached hydrogen (secondary N) is 1. The molecule has 0 fully saturated rings. The van der Waals surface area contributed by atoms with Crippen molar-refractivity contribution in [2.24, 2.45) is 0 Å². The SMILES string of the molecule is CC(C)(C)NC(=O)c1ccc(I)cc1[N+](=O)[O-]. The Morgan fingerprint density at radius 3 is 2.47 bits per heavy atom. The molecule has 92 valence electrons. The van der Waals surface area contributed by atoms with Crippen LogP contribution >= 0.6 is 22.6 Å². The van der Waals surface area contributed by atoms with E-state index in [0.29, 0.717) is 0 Å². The molecule has 5 nitrogen and oxygen atoms in total. The van der Waals surface area contributed by atoms with Crippen LogP contribution in [-0.4, -0.2) is 16.4 Å². The van der Waals surface area contributed by atoms with Crippen molar-refractivity contribution in [1.82, 2.24) is 5.32 Å². The van der Waals surface area contributed by atoms with Gasteiger partial charge in [-0.05, 0) is 55.5 Å². The first-order chi connectivity index (χ1) is 7.70. The fourth-order valence-electron chi connectivity index (χ4n) is 1.26. The Hall–Kier alpha value is -1.18. The summed E-state index contributed by atoms with van der Waals surface area (Å²) in [6, 6.07) is 4.53. The molecule has 0 aliphatic heterocycles. The van der Waals surface area contributed by atoms with Gasteiger partial charge in [0.05, 0.1) is 4.92 Å². The Kier molecular flexibility index (Phi) is 4.07. The maximum absolute atomic E-state index is 11.9. The molecular weight excluding hydrogens is 335 g/mol. The number of nitro benzene ring substituents is 1. The lowest BCUT2D eigenvalue weighted by Gasteiger charge is -2.20. The number of hydrogen-bond donors (Lipinski definition) is 1. The molecule has 0 atom stereocenters. The first kappa shape index (κ1) is 13.9. The lowest BCUT2D eigenvalue weighted by molar-refractivity contribution is -0.385. The zero-order chi connectivity index (χ0) is 13.2. The molecular formula is C11H13IN2O3. The predicted octanol–water partition coefficient (Wildman–Crippen LogP) is 2.73. The van der Waals surface area contributed by atoms with Crippen LogP contribution in [0.4, 0.5) is 5.69 Å². The van der Waals surface area contributed by atoms with Crippen molar-refractivity contribution in [3.05, 3.63) is 37.4 Å². The fourth-order valence-corrected chi connectivity index (χ4v) is 1.73. The summed E-state index contributed by atoms with van der Waals surface area (Å²) < 4.78 is 0.724. The Morgan fingerprint density at radius 2 is 2.00 bits per heavy atom. The van der Waals surface area contributed by atoms with Crippen LogP contribution in [0.1, 0.15) is 31.1 Å². The van der Waals surface area contributed by atoms with Crippen molar-refractivity contribution in [3.8, 4) is 0 Å². The van der Waals surface area contributed by atoms with Gasteiger partial charge in [-0.15, -0.1) is 0 Å². The smallest absolute Gasteiger partial charge is 0.283 e. The summed E-state index contributed by atoms with van der Waals surface area (Å²) in [6.07, 6.45) is 0. The average molecular weight is 348 g/mol. The average Bonchev–Trinajstić information content (AvgIpc) is 2.14. The third kappa shape index (κ3) is 3.95. The molecule has 0 saturated heterocycles. The molecule has 0 heterocycles. The third-order valence-corrected chi connectivity index (χ3v) is 2.56. The standard InChI is InChI=1S/C11H13IN2O3/c1-11(2,3)13-10(15)8-5-4-7(12)6-9(8)14(16)17/h4-6H,1-3H3,(H,13,15). The first-order valence-corrected chi connectivity index (χ1v) is 6.05. The highest BCUT2D eigenvalue weighted by Crippen LogP contribution is 2.21. The van der Waals surface area contributed by atoms with Crippen LogP contribution in [0.3, 0.4) is 0 Å². The van der Waals surface area contributed by atoms with E-state index in [1.54, 1.807) is 6.07 Å². The maximum Gasteiger partial charge on any atom is 0.283 e. The van der Waals surface area contributed by atoms with Crippen molar-refractivity contribution in [2.45, 2.75) is 26.3 Å². The lowest BCUT2D eigenvalue weighted by atomic mass is 10.1. The molecule has 1 N–H and O–H groups in total. The van der Waals surface area contributed by atoms with Gasteiger partial charge in [0, 0.05) is 15.2 Å². The molecule has 1 amide bonds. The molecule has 0 bridgehead atoms. The number of nitro groups is 1. The number of carbonyl (C=O) groups excluding carboxylic acids is 1. The van der Waals surface area contributed by atoms with Crippen LogP contribution in [0.15, 0.2) is 18.2 Å². The number of halogens is 1. The molecule has 1 aromatic rings. The second-order valence-electron chi connectivity index (χ2n) is 4.62. The number of benzene rings is 1. The van der Waals surface area contributed by atoms with Gasteiger partial charge in [-0.3, -0.25) is 14.9 Å². The van der Waals surface area contributed by atoms with Crippen LogP contribution in [0.25, 0.3) is 0 Å². The van der Waals surface area contributed by atoms with E-state index in [9.17, 15) is 14.9 Å². The minimum Gasteiger partial charge on any atom is -0.347 e. The molecule has 17 heavy (non-hydrogen) atoms. The van der Waals surface area contributed by atoms with E-state index in [4.69, 9.17) is 0 Å². The molecule has 1 aromatic carbocycles. The van der Waals surface area contributed by atoms with Crippen LogP contribution in [-0.2, 0) is 0 Å². The normalized spacial score (nSPS) is 11.1. The Morgan fingerprint density at radius 1 is 1.41 bits per heavy atom. The van der Waals surface area contributed by atoms with E-state index in [-0.39, 0.29) is 11.3 Å². The van der Waals surface area contributed by atoms with Crippen molar-refractivity contribution >= 4 is 34.2 Å². The molecule has 0 spiro atoms. The van der Waals surface area contributed by atoms with E-state index < -0.39 is 16.4 Å². The van der Waals surface area contributed by atoms with Crippen LogP contribution in [0.5, 0.6) is 0 Å². The Labute approximate surface area is 113 Å². The molecule has 0 unspecified atom stereocenters. The summed E-state index contributed by atoms with van der Waals surface area (Å²) in [5, 5.41) is 13.6. The zero-order valence-corrected chi connectivity index (χ0v) is 11.9. The molecule has 6 heteroatoms. The summed E-state index contributed by atoms with van der Waals surface area (Å²) in [5.41, 5.74) is -0.502. The summed E-state index contributed by atoms with van der Waals surface area (Å²) in [4.78, 5) is 22.2. The number of amides is 1. The largest absolute Gasteiger partial charge is 0.347 e. The number of hydrogen-bond acceptors (Lipinski definition) is 3. The zero-order valence-electron chi connectivity index (χ0n) is 9.78. The van der Waals surface area contributed by atoms with Crippen molar-refractivity contribution in [1.29, 1.82) is 0 Å². The van der Waals surface area contributed by atoms with Gasteiger partial charge in [0.25, 0.3) is 11.6 Å². The van der Waals surface area contributed by atoms with Crippen LogP contribution < -0.4 is 5.32 Å².